The average Bonchev–Trinajstić information content (AvgIpc) is 3.86. The van der Waals surface area contributed by atoms with E-state index in [1.54, 1.807) is 11.3 Å². The molecule has 0 saturated carbocycles. The van der Waals surface area contributed by atoms with Gasteiger partial charge in [-0.3, -0.25) is 0 Å². The number of thiophene rings is 1. The van der Waals surface area contributed by atoms with Gasteiger partial charge in [-0.15, -0.1) is 30.7 Å². The first kappa shape index (κ1) is 31.5. The van der Waals surface area contributed by atoms with E-state index >= 15 is 0 Å². The van der Waals surface area contributed by atoms with E-state index < -0.39 is 0 Å². The Kier molecular flexibility index (Phi) is 10.4. The molecular weight excluding hydrogens is 611 g/mol. The Morgan fingerprint density at radius 1 is 0.674 bits per heavy atom. The summed E-state index contributed by atoms with van der Waals surface area (Å²) in [7, 11) is 0. The summed E-state index contributed by atoms with van der Waals surface area (Å²) in [6.07, 6.45) is 7.35. The predicted molar refractivity (Wildman–Crippen MR) is 189 cm³/mol. The summed E-state index contributed by atoms with van der Waals surface area (Å²) in [4.78, 5) is 2.41. The Labute approximate surface area is 277 Å². The molecule has 5 aromatic rings. The Bertz CT molecular complexity index is 1850. The van der Waals surface area contributed by atoms with E-state index in [2.05, 4.69) is 83.0 Å². The van der Waals surface area contributed by atoms with Crippen molar-refractivity contribution in [2.75, 3.05) is 18.0 Å². The van der Waals surface area contributed by atoms with Crippen LogP contribution in [0.15, 0.2) is 103 Å². The molecule has 2 aromatic heterocycles. The molecule has 1 aliphatic heterocycles. The number of hydrogen-bond donors (Lipinski definition) is 0. The largest absolute Gasteiger partial charge is 0.363 e. The van der Waals surface area contributed by atoms with Gasteiger partial charge in [-0.05, 0) is 105 Å². The fourth-order valence-electron chi connectivity index (χ4n) is 5.19. The molecule has 0 unspecified atom stereocenters. The number of benzene rings is 3. The minimum absolute atomic E-state index is 0.519. The smallest absolute Gasteiger partial charge is 0.252 e. The molecule has 1 fully saturated rings. The summed E-state index contributed by atoms with van der Waals surface area (Å²) in [6, 6.07) is 24.3. The molecule has 1 aliphatic rings. The van der Waals surface area contributed by atoms with Crippen LogP contribution in [0.25, 0.3) is 10.6 Å². The molecule has 9 nitrogen and oxygen atoms in total. The third kappa shape index (κ3) is 8.21. The van der Waals surface area contributed by atoms with Crippen molar-refractivity contribution >= 4 is 60.6 Å². The zero-order chi connectivity index (χ0) is 31.7. The van der Waals surface area contributed by atoms with E-state index in [9.17, 15) is 0 Å². The molecule has 234 valence electrons. The van der Waals surface area contributed by atoms with Crippen LogP contribution in [0.5, 0.6) is 0 Å². The van der Waals surface area contributed by atoms with Crippen molar-refractivity contribution in [3.05, 3.63) is 89.5 Å². The van der Waals surface area contributed by atoms with Crippen molar-refractivity contribution in [3.63, 3.8) is 0 Å². The van der Waals surface area contributed by atoms with Gasteiger partial charge in [0.1, 0.15) is 10.0 Å². The van der Waals surface area contributed by atoms with Gasteiger partial charge in [-0.25, -0.2) is 0 Å². The second-order valence-corrected chi connectivity index (χ2v) is 13.4. The molecule has 0 radical (unpaired) electrons. The molecule has 1 saturated heterocycles. The van der Waals surface area contributed by atoms with Crippen LogP contribution in [-0.2, 0) is 6.42 Å². The number of hydrogen-bond acceptors (Lipinski definition) is 11. The summed E-state index contributed by atoms with van der Waals surface area (Å²) in [6.45, 7) is 8.46. The highest BCUT2D eigenvalue weighted by atomic mass is 32.1. The molecule has 6 rings (SSSR count). The third-order valence-electron chi connectivity index (χ3n) is 7.82. The number of nitrogens with zero attached hydrogens (tertiary/aromatic N) is 9. The fourth-order valence-corrected chi connectivity index (χ4v) is 6.74. The molecule has 3 heterocycles. The summed E-state index contributed by atoms with van der Waals surface area (Å²) in [5, 5.41) is 38.7. The number of aryl methyl sites for hydroxylation is 3. The highest BCUT2D eigenvalue weighted by molar-refractivity contribution is 7.19. The van der Waals surface area contributed by atoms with Crippen LogP contribution in [-0.4, -0.2) is 23.3 Å². The lowest BCUT2D eigenvalue weighted by Crippen LogP contribution is -2.15. The molecular formula is C35H37N9S2. The van der Waals surface area contributed by atoms with Gasteiger partial charge in [-0.1, -0.05) is 66.7 Å². The lowest BCUT2D eigenvalue weighted by Gasteiger charge is -2.13. The zero-order valence-corrected chi connectivity index (χ0v) is 28.1. The van der Waals surface area contributed by atoms with Gasteiger partial charge in [0.15, 0.2) is 0 Å². The Hall–Kier alpha value is -4.48. The van der Waals surface area contributed by atoms with Crippen molar-refractivity contribution in [1.82, 2.24) is 10.2 Å². The second-order valence-electron chi connectivity index (χ2n) is 11.4. The Morgan fingerprint density at radius 3 is 2.02 bits per heavy atom. The number of anilines is 1. The monoisotopic (exact) mass is 647 g/mol. The molecule has 3 aromatic carbocycles. The maximum absolute atomic E-state index is 4.48. The zero-order valence-electron chi connectivity index (χ0n) is 26.4. The normalized spacial score (nSPS) is 13.7. The molecule has 0 atom stereocenters. The Balaban J connectivity index is 1.05. The lowest BCUT2D eigenvalue weighted by molar-refractivity contribution is 0.717. The summed E-state index contributed by atoms with van der Waals surface area (Å²) < 4.78 is 0. The standard InChI is InChI=1S/C35H37N9S2/c1-4-5-6-9-26-10-12-27(13-11-26)34-41-43-35(46-34)42-39-31-17-14-28(22-25(31)3)36-38-30-16-15-29(23-24(30)2)37-40-32-18-19-33(45-32)44-20-7-8-21-44/h10-19,22-23H,4-9,20-21H2,1-3H3. The van der Waals surface area contributed by atoms with Crippen LogP contribution in [0.2, 0.25) is 0 Å². The molecule has 11 heteroatoms. The van der Waals surface area contributed by atoms with Gasteiger partial charge < -0.3 is 4.90 Å². The van der Waals surface area contributed by atoms with Crippen LogP contribution in [0, 0.1) is 13.8 Å². The van der Waals surface area contributed by atoms with Crippen molar-refractivity contribution in [2.24, 2.45) is 30.7 Å². The van der Waals surface area contributed by atoms with Crippen molar-refractivity contribution < 1.29 is 0 Å². The number of azo groups is 3. The van der Waals surface area contributed by atoms with Crippen LogP contribution in [0.1, 0.15) is 55.7 Å². The van der Waals surface area contributed by atoms with E-state index in [0.717, 1.165) is 69.0 Å². The van der Waals surface area contributed by atoms with Crippen LogP contribution < -0.4 is 4.90 Å². The number of unbranched alkanes of at least 4 members (excludes halogenated alkanes) is 2. The van der Waals surface area contributed by atoms with E-state index in [0.29, 0.717) is 5.13 Å². The van der Waals surface area contributed by atoms with Crippen LogP contribution >= 0.6 is 22.7 Å². The first-order valence-electron chi connectivity index (χ1n) is 15.8. The van der Waals surface area contributed by atoms with Crippen molar-refractivity contribution in [2.45, 2.75) is 59.3 Å². The minimum Gasteiger partial charge on any atom is -0.363 e. The molecule has 0 spiro atoms. The highest BCUT2D eigenvalue weighted by Crippen LogP contribution is 2.36. The Morgan fingerprint density at radius 2 is 1.35 bits per heavy atom. The summed E-state index contributed by atoms with van der Waals surface area (Å²) in [5.41, 5.74) is 7.37. The van der Waals surface area contributed by atoms with Gasteiger partial charge in [-0.2, -0.15) is 10.2 Å². The summed E-state index contributed by atoms with van der Waals surface area (Å²) >= 11 is 3.11. The molecule has 0 amide bonds. The molecule has 0 N–H and O–H groups in total. The van der Waals surface area contributed by atoms with E-state index in [-0.39, 0.29) is 0 Å². The van der Waals surface area contributed by atoms with Gasteiger partial charge in [0.05, 0.1) is 27.8 Å². The van der Waals surface area contributed by atoms with Gasteiger partial charge in [0.25, 0.3) is 5.13 Å². The SMILES string of the molecule is CCCCCc1ccc(-c2nnc(N=Nc3ccc(N=Nc4ccc(N=Nc5ccc(N6CCCC6)s5)cc4C)cc3C)s2)cc1. The number of aromatic nitrogens is 2. The third-order valence-corrected chi connectivity index (χ3v) is 9.71. The van der Waals surface area contributed by atoms with Crippen molar-refractivity contribution in [1.29, 1.82) is 0 Å². The molecule has 46 heavy (non-hydrogen) atoms. The van der Waals surface area contributed by atoms with Crippen LogP contribution in [0.4, 0.5) is 37.9 Å². The summed E-state index contributed by atoms with van der Waals surface area (Å²) in [5.74, 6) is 0. The second kappa shape index (κ2) is 15.2. The minimum atomic E-state index is 0.519. The van der Waals surface area contributed by atoms with Crippen LogP contribution in [0.3, 0.4) is 0 Å². The highest BCUT2D eigenvalue weighted by Gasteiger charge is 2.14. The fraction of sp³-hybridized carbons (Fsp3) is 0.314. The van der Waals surface area contributed by atoms with E-state index in [1.807, 2.05) is 56.3 Å². The lowest BCUT2D eigenvalue weighted by atomic mass is 10.1. The predicted octanol–water partition coefficient (Wildman–Crippen LogP) is 12.5. The maximum Gasteiger partial charge on any atom is 0.252 e. The first-order valence-corrected chi connectivity index (χ1v) is 17.4. The molecule has 0 aliphatic carbocycles. The number of rotatable bonds is 12. The average molecular weight is 648 g/mol. The van der Waals surface area contributed by atoms with Gasteiger partial charge >= 0.3 is 0 Å². The van der Waals surface area contributed by atoms with Gasteiger partial charge in [0.2, 0.25) is 0 Å². The maximum atomic E-state index is 4.48. The topological polar surface area (TPSA) is 103 Å². The van der Waals surface area contributed by atoms with E-state index in [4.69, 9.17) is 0 Å². The van der Waals surface area contributed by atoms with Crippen molar-refractivity contribution in [3.8, 4) is 10.6 Å². The van der Waals surface area contributed by atoms with Gasteiger partial charge in [0, 0.05) is 18.7 Å². The first-order chi connectivity index (χ1) is 22.5. The quantitative estimate of drug-likeness (QED) is 0.0993. The molecule has 0 bridgehead atoms. The van der Waals surface area contributed by atoms with E-state index in [1.165, 1.54) is 54.0 Å².